The normalized spacial score (nSPS) is 10.9. The fourth-order valence-corrected chi connectivity index (χ4v) is 2.70. The topological polar surface area (TPSA) is 65.2 Å². The molecule has 2 aromatic carbocycles. The number of esters is 1. The molecule has 0 aliphatic heterocycles. The molecule has 134 valence electrons. The summed E-state index contributed by atoms with van der Waals surface area (Å²) >= 11 is 5.86. The highest BCUT2D eigenvalue weighted by Gasteiger charge is 2.12. The van der Waals surface area contributed by atoms with Gasteiger partial charge in [0.25, 0.3) is 0 Å². The van der Waals surface area contributed by atoms with Gasteiger partial charge in [-0.15, -0.1) is 0 Å². The van der Waals surface area contributed by atoms with Gasteiger partial charge in [0.05, 0.1) is 11.1 Å². The molecule has 0 radical (unpaired) electrons. The SMILES string of the molecule is O=C(OCc1coc(-c2ccc(F)cc2)n1)c1ccc2nc(Cl)ccc2c1. The Kier molecular flexibility index (Phi) is 4.56. The first kappa shape index (κ1) is 17.2. The Balaban J connectivity index is 1.45. The van der Waals surface area contributed by atoms with E-state index in [0.717, 1.165) is 5.39 Å². The number of oxazole rings is 1. The number of hydrogen-bond acceptors (Lipinski definition) is 5. The molecule has 2 aromatic heterocycles. The highest BCUT2D eigenvalue weighted by Crippen LogP contribution is 2.20. The lowest BCUT2D eigenvalue weighted by Gasteiger charge is -2.04. The van der Waals surface area contributed by atoms with Crippen LogP contribution >= 0.6 is 11.6 Å². The summed E-state index contributed by atoms with van der Waals surface area (Å²) in [5, 5.41) is 1.18. The van der Waals surface area contributed by atoms with Gasteiger partial charge in [-0.3, -0.25) is 0 Å². The van der Waals surface area contributed by atoms with E-state index in [-0.39, 0.29) is 12.4 Å². The Bertz CT molecular complexity index is 1130. The van der Waals surface area contributed by atoms with Crippen LogP contribution in [0.1, 0.15) is 16.1 Å². The lowest BCUT2D eigenvalue weighted by atomic mass is 10.1. The van der Waals surface area contributed by atoms with Crippen molar-refractivity contribution in [3.05, 3.63) is 83.1 Å². The van der Waals surface area contributed by atoms with Crippen molar-refractivity contribution in [3.8, 4) is 11.5 Å². The minimum absolute atomic E-state index is 0.0412. The summed E-state index contributed by atoms with van der Waals surface area (Å²) in [4.78, 5) is 20.7. The van der Waals surface area contributed by atoms with Gasteiger partial charge in [-0.2, -0.15) is 0 Å². The Hall–Kier alpha value is -3.25. The van der Waals surface area contributed by atoms with Gasteiger partial charge in [0.1, 0.15) is 29.5 Å². The van der Waals surface area contributed by atoms with Crippen LogP contribution in [0.15, 0.2) is 65.3 Å². The maximum absolute atomic E-state index is 13.0. The largest absolute Gasteiger partial charge is 0.455 e. The van der Waals surface area contributed by atoms with Crippen molar-refractivity contribution in [2.75, 3.05) is 0 Å². The summed E-state index contributed by atoms with van der Waals surface area (Å²) in [5.74, 6) is -0.500. The van der Waals surface area contributed by atoms with Crippen molar-refractivity contribution in [3.63, 3.8) is 0 Å². The van der Waals surface area contributed by atoms with Crippen LogP contribution in [0.4, 0.5) is 4.39 Å². The highest BCUT2D eigenvalue weighted by atomic mass is 35.5. The number of benzene rings is 2. The summed E-state index contributed by atoms with van der Waals surface area (Å²) in [6.45, 7) is -0.0412. The molecule has 27 heavy (non-hydrogen) atoms. The molecule has 0 fully saturated rings. The number of halogens is 2. The quantitative estimate of drug-likeness (QED) is 0.365. The van der Waals surface area contributed by atoms with Gasteiger partial charge in [0.2, 0.25) is 5.89 Å². The van der Waals surface area contributed by atoms with Crippen LogP contribution in [0.25, 0.3) is 22.4 Å². The average Bonchev–Trinajstić information content (AvgIpc) is 3.15. The second-order valence-electron chi connectivity index (χ2n) is 5.77. The van der Waals surface area contributed by atoms with Crippen LogP contribution in [-0.2, 0) is 11.3 Å². The molecule has 0 spiro atoms. The standard InChI is InChI=1S/C20H12ClFN2O3/c21-18-8-4-13-9-14(3-7-17(13)24-18)20(25)27-11-16-10-26-19(23-16)12-1-5-15(22)6-2-12/h1-10H,11H2. The van der Waals surface area contributed by atoms with Crippen molar-refractivity contribution in [1.29, 1.82) is 0 Å². The molecule has 0 bridgehead atoms. The van der Waals surface area contributed by atoms with Crippen LogP contribution in [0.2, 0.25) is 5.15 Å². The zero-order valence-electron chi connectivity index (χ0n) is 13.9. The van der Waals surface area contributed by atoms with Crippen LogP contribution in [0, 0.1) is 5.82 Å². The van der Waals surface area contributed by atoms with Crippen molar-refractivity contribution in [1.82, 2.24) is 9.97 Å². The molecule has 0 atom stereocenters. The van der Waals surface area contributed by atoms with Gasteiger partial charge in [-0.1, -0.05) is 11.6 Å². The molecule has 0 amide bonds. The molecule has 0 saturated carbocycles. The Labute approximate surface area is 158 Å². The van der Waals surface area contributed by atoms with Gasteiger partial charge >= 0.3 is 5.97 Å². The summed E-state index contributed by atoms with van der Waals surface area (Å²) < 4.78 is 23.6. The van der Waals surface area contributed by atoms with Gasteiger partial charge in [0, 0.05) is 10.9 Å². The van der Waals surface area contributed by atoms with Crippen molar-refractivity contribution in [2.24, 2.45) is 0 Å². The number of pyridine rings is 1. The molecule has 0 aliphatic carbocycles. The Morgan fingerprint density at radius 2 is 1.89 bits per heavy atom. The lowest BCUT2D eigenvalue weighted by Crippen LogP contribution is -2.05. The summed E-state index contributed by atoms with van der Waals surface area (Å²) in [7, 11) is 0. The van der Waals surface area contributed by atoms with E-state index >= 15 is 0 Å². The van der Waals surface area contributed by atoms with Crippen molar-refractivity contribution in [2.45, 2.75) is 6.61 Å². The monoisotopic (exact) mass is 382 g/mol. The maximum atomic E-state index is 13.0. The van der Waals surface area contributed by atoms with Crippen LogP contribution in [0.5, 0.6) is 0 Å². The van der Waals surface area contributed by atoms with Gasteiger partial charge < -0.3 is 9.15 Å². The molecule has 7 heteroatoms. The van der Waals surface area contributed by atoms with Crippen molar-refractivity contribution < 1.29 is 18.3 Å². The average molecular weight is 383 g/mol. The molecule has 5 nitrogen and oxygen atoms in total. The van der Waals surface area contributed by atoms with Crippen molar-refractivity contribution >= 4 is 28.5 Å². The van der Waals surface area contributed by atoms with Crippen LogP contribution < -0.4 is 0 Å². The number of ether oxygens (including phenoxy) is 1. The number of fused-ring (bicyclic) bond motifs is 1. The number of carbonyl (C=O) groups excluding carboxylic acids is 1. The van der Waals surface area contributed by atoms with E-state index in [1.165, 1.54) is 18.4 Å². The summed E-state index contributed by atoms with van der Waals surface area (Å²) in [6, 6.07) is 14.2. The Morgan fingerprint density at radius 1 is 1.07 bits per heavy atom. The minimum Gasteiger partial charge on any atom is -0.455 e. The predicted octanol–water partition coefficient (Wildman–Crippen LogP) is 5.04. The third-order valence-electron chi connectivity index (χ3n) is 3.88. The molecule has 4 aromatic rings. The molecule has 0 unspecified atom stereocenters. The third kappa shape index (κ3) is 3.80. The molecular formula is C20H12ClFN2O3. The second-order valence-corrected chi connectivity index (χ2v) is 6.16. The van der Waals surface area contributed by atoms with Crippen LogP contribution in [0.3, 0.4) is 0 Å². The molecule has 0 aliphatic rings. The molecule has 4 rings (SSSR count). The fourth-order valence-electron chi connectivity index (χ4n) is 2.55. The number of rotatable bonds is 4. The number of carbonyl (C=O) groups is 1. The lowest BCUT2D eigenvalue weighted by molar-refractivity contribution is 0.0468. The van der Waals surface area contributed by atoms with E-state index < -0.39 is 5.97 Å². The van der Waals surface area contributed by atoms with Gasteiger partial charge in [0.15, 0.2) is 0 Å². The van der Waals surface area contributed by atoms with E-state index in [2.05, 4.69) is 9.97 Å². The third-order valence-corrected chi connectivity index (χ3v) is 4.10. The van der Waals surface area contributed by atoms with Gasteiger partial charge in [-0.25, -0.2) is 19.2 Å². The summed E-state index contributed by atoms with van der Waals surface area (Å²) in [5.41, 5.74) is 2.18. The molecule has 2 heterocycles. The molecular weight excluding hydrogens is 371 g/mol. The smallest absolute Gasteiger partial charge is 0.338 e. The minimum atomic E-state index is -0.488. The zero-order valence-corrected chi connectivity index (χ0v) is 14.6. The van der Waals surface area contributed by atoms with Gasteiger partial charge in [-0.05, 0) is 54.6 Å². The number of nitrogens with zero attached hydrogens (tertiary/aromatic N) is 2. The zero-order chi connectivity index (χ0) is 18.8. The fraction of sp³-hybridized carbons (Fsp3) is 0.0500. The van der Waals surface area contributed by atoms with Crippen LogP contribution in [-0.4, -0.2) is 15.9 Å². The number of hydrogen-bond donors (Lipinski definition) is 0. The van der Waals surface area contributed by atoms with E-state index in [1.54, 1.807) is 42.5 Å². The predicted molar refractivity (Wildman–Crippen MR) is 97.8 cm³/mol. The van der Waals surface area contributed by atoms with E-state index in [9.17, 15) is 9.18 Å². The van der Waals surface area contributed by atoms with E-state index in [0.29, 0.717) is 33.4 Å². The summed E-state index contributed by atoms with van der Waals surface area (Å²) in [6.07, 6.45) is 1.40. The molecule has 0 N–H and O–H groups in total. The maximum Gasteiger partial charge on any atom is 0.338 e. The first-order chi connectivity index (χ1) is 13.1. The van der Waals surface area contributed by atoms with E-state index in [4.69, 9.17) is 20.8 Å². The van der Waals surface area contributed by atoms with E-state index in [1.807, 2.05) is 0 Å². The first-order valence-corrected chi connectivity index (χ1v) is 8.40. The number of aromatic nitrogens is 2. The first-order valence-electron chi connectivity index (χ1n) is 8.02. The highest BCUT2D eigenvalue weighted by molar-refractivity contribution is 6.29. The second kappa shape index (κ2) is 7.17. The Morgan fingerprint density at radius 3 is 2.70 bits per heavy atom. The molecule has 0 saturated heterocycles.